The lowest BCUT2D eigenvalue weighted by atomic mass is 10.2. The van der Waals surface area contributed by atoms with Gasteiger partial charge in [0, 0.05) is 26.2 Å². The summed E-state index contributed by atoms with van der Waals surface area (Å²) in [5.74, 6) is -0.874. The number of rotatable bonds is 6. The van der Waals surface area contributed by atoms with Crippen LogP contribution in [0.25, 0.3) is 0 Å². The van der Waals surface area contributed by atoms with Gasteiger partial charge in [0.1, 0.15) is 11.6 Å². The predicted octanol–water partition coefficient (Wildman–Crippen LogP) is 2.52. The largest absolute Gasteiger partial charge is 0.494 e. The minimum Gasteiger partial charge on any atom is -0.494 e. The number of carbonyl (C=O) groups excluding carboxylic acids is 2. The van der Waals surface area contributed by atoms with Crippen LogP contribution in [0.4, 0.5) is 10.1 Å². The van der Waals surface area contributed by atoms with Gasteiger partial charge in [0.15, 0.2) is 0 Å². The molecule has 2 fully saturated rings. The van der Waals surface area contributed by atoms with Crippen LogP contribution in [-0.2, 0) is 19.6 Å². The van der Waals surface area contributed by atoms with E-state index in [1.807, 2.05) is 11.8 Å². The van der Waals surface area contributed by atoms with Gasteiger partial charge in [-0.25, -0.2) is 17.7 Å². The monoisotopic (exact) mass is 495 g/mol. The summed E-state index contributed by atoms with van der Waals surface area (Å²) in [4.78, 5) is 28.5. The SMILES string of the molecule is CCOc1ccc(S(=O)(=O)N2CCN([C@@H]3CC(=O)N(c4ccc(F)c(Cl)c4)C3=O)CC2)cc1. The Balaban J connectivity index is 1.42. The van der Waals surface area contributed by atoms with Crippen LogP contribution in [0.3, 0.4) is 0 Å². The van der Waals surface area contributed by atoms with Crippen molar-refractivity contribution in [3.63, 3.8) is 0 Å². The van der Waals surface area contributed by atoms with Crippen molar-refractivity contribution in [2.24, 2.45) is 0 Å². The Morgan fingerprint density at radius 1 is 1.06 bits per heavy atom. The van der Waals surface area contributed by atoms with Crippen LogP contribution in [-0.4, -0.2) is 68.3 Å². The molecule has 2 saturated heterocycles. The predicted molar refractivity (Wildman–Crippen MR) is 120 cm³/mol. The molecule has 0 saturated carbocycles. The zero-order chi connectivity index (χ0) is 23.8. The maximum Gasteiger partial charge on any atom is 0.251 e. The Hall–Kier alpha value is -2.53. The van der Waals surface area contributed by atoms with Gasteiger partial charge < -0.3 is 4.74 Å². The summed E-state index contributed by atoms with van der Waals surface area (Å²) in [6.07, 6.45) is -0.0283. The Bertz CT molecular complexity index is 1170. The molecule has 2 aliphatic heterocycles. The first-order valence-electron chi connectivity index (χ1n) is 10.5. The van der Waals surface area contributed by atoms with Gasteiger partial charge in [0.25, 0.3) is 5.91 Å². The molecule has 0 aromatic heterocycles. The lowest BCUT2D eigenvalue weighted by Crippen LogP contribution is -2.53. The van der Waals surface area contributed by atoms with Gasteiger partial charge in [0.2, 0.25) is 15.9 Å². The van der Waals surface area contributed by atoms with Crippen LogP contribution in [0.15, 0.2) is 47.4 Å². The maximum atomic E-state index is 13.5. The second-order valence-electron chi connectivity index (χ2n) is 7.73. The number of ether oxygens (including phenoxy) is 1. The van der Waals surface area contributed by atoms with Crippen molar-refractivity contribution in [2.75, 3.05) is 37.7 Å². The molecular formula is C22H23ClFN3O5S. The summed E-state index contributed by atoms with van der Waals surface area (Å²) in [6, 6.07) is 9.25. The fraction of sp³-hybridized carbons (Fsp3) is 0.364. The van der Waals surface area contributed by atoms with E-state index in [0.717, 1.165) is 11.0 Å². The van der Waals surface area contributed by atoms with E-state index < -0.39 is 33.7 Å². The average Bonchev–Trinajstić information content (AvgIpc) is 3.10. The molecule has 11 heteroatoms. The van der Waals surface area contributed by atoms with Crippen LogP contribution in [0.1, 0.15) is 13.3 Å². The first-order chi connectivity index (χ1) is 15.7. The Kier molecular flexibility index (Phi) is 6.71. The number of halogens is 2. The van der Waals surface area contributed by atoms with E-state index in [4.69, 9.17) is 16.3 Å². The first kappa shape index (κ1) is 23.6. The van der Waals surface area contributed by atoms with E-state index in [0.29, 0.717) is 25.4 Å². The third-order valence-electron chi connectivity index (χ3n) is 5.77. The highest BCUT2D eigenvalue weighted by molar-refractivity contribution is 7.89. The van der Waals surface area contributed by atoms with Crippen LogP contribution in [0.2, 0.25) is 5.02 Å². The lowest BCUT2D eigenvalue weighted by Gasteiger charge is -2.36. The van der Waals surface area contributed by atoms with Gasteiger partial charge >= 0.3 is 0 Å². The van der Waals surface area contributed by atoms with Gasteiger partial charge in [-0.1, -0.05) is 11.6 Å². The van der Waals surface area contributed by atoms with E-state index in [1.54, 1.807) is 12.1 Å². The fourth-order valence-corrected chi connectivity index (χ4v) is 5.67. The van der Waals surface area contributed by atoms with Crippen molar-refractivity contribution in [3.05, 3.63) is 53.3 Å². The van der Waals surface area contributed by atoms with Gasteiger partial charge in [-0.05, 0) is 49.4 Å². The zero-order valence-electron chi connectivity index (χ0n) is 17.9. The molecule has 4 rings (SSSR count). The van der Waals surface area contributed by atoms with Crippen LogP contribution in [0, 0.1) is 5.82 Å². The molecule has 8 nitrogen and oxygen atoms in total. The van der Waals surface area contributed by atoms with Crippen molar-refractivity contribution in [1.29, 1.82) is 0 Å². The number of anilines is 1. The number of benzene rings is 2. The van der Waals surface area contributed by atoms with Gasteiger partial charge in [-0.3, -0.25) is 14.5 Å². The number of carbonyl (C=O) groups is 2. The summed E-state index contributed by atoms with van der Waals surface area (Å²) in [6.45, 7) is 3.32. The molecule has 176 valence electrons. The highest BCUT2D eigenvalue weighted by Crippen LogP contribution is 2.30. The van der Waals surface area contributed by atoms with Crippen molar-refractivity contribution >= 4 is 39.1 Å². The molecule has 0 aliphatic carbocycles. The quantitative estimate of drug-likeness (QED) is 0.572. The molecule has 2 aromatic rings. The standard InChI is InChI=1S/C22H23ClFN3O5S/c1-2-32-16-4-6-17(7-5-16)33(30,31)26-11-9-25(10-12-26)20-14-21(28)27(22(20)29)15-3-8-19(24)18(23)13-15/h3-8,13,20H,2,9-12,14H2,1H3/t20-/m1/s1. The van der Waals surface area contributed by atoms with E-state index in [2.05, 4.69) is 0 Å². The summed E-state index contributed by atoms with van der Waals surface area (Å²) < 4.78 is 46.2. The van der Waals surface area contributed by atoms with Crippen molar-refractivity contribution < 1.29 is 27.1 Å². The summed E-state index contributed by atoms with van der Waals surface area (Å²) in [5, 5.41) is -0.176. The lowest BCUT2D eigenvalue weighted by molar-refractivity contribution is -0.123. The average molecular weight is 496 g/mol. The molecule has 2 aromatic carbocycles. The molecular weight excluding hydrogens is 473 g/mol. The van der Waals surface area contributed by atoms with Gasteiger partial charge in [0.05, 0.1) is 34.7 Å². The van der Waals surface area contributed by atoms with Crippen molar-refractivity contribution in [2.45, 2.75) is 24.3 Å². The smallest absolute Gasteiger partial charge is 0.251 e. The molecule has 33 heavy (non-hydrogen) atoms. The molecule has 0 unspecified atom stereocenters. The molecule has 0 spiro atoms. The second-order valence-corrected chi connectivity index (χ2v) is 10.1. The van der Waals surface area contributed by atoms with E-state index in [-0.39, 0.29) is 35.1 Å². The van der Waals surface area contributed by atoms with E-state index >= 15 is 0 Å². The highest BCUT2D eigenvalue weighted by Gasteiger charge is 2.44. The van der Waals surface area contributed by atoms with Crippen LogP contribution in [0.5, 0.6) is 5.75 Å². The normalized spacial score (nSPS) is 20.5. The first-order valence-corrected chi connectivity index (χ1v) is 12.3. The third kappa shape index (κ3) is 4.61. The van der Waals surface area contributed by atoms with Gasteiger partial charge in [-0.15, -0.1) is 0 Å². The molecule has 1 atom stereocenters. The third-order valence-corrected chi connectivity index (χ3v) is 7.97. The van der Waals surface area contributed by atoms with Crippen LogP contribution < -0.4 is 9.64 Å². The minimum absolute atomic E-state index is 0.0283. The topological polar surface area (TPSA) is 87.2 Å². The number of imide groups is 1. The molecule has 0 N–H and O–H groups in total. The fourth-order valence-electron chi connectivity index (χ4n) is 4.08. The summed E-state index contributed by atoms with van der Waals surface area (Å²) in [7, 11) is -3.69. The minimum atomic E-state index is -3.69. The number of amides is 2. The Labute approximate surface area is 196 Å². The molecule has 0 radical (unpaired) electrons. The second kappa shape index (κ2) is 9.38. The van der Waals surface area contributed by atoms with E-state index in [9.17, 15) is 22.4 Å². The summed E-state index contributed by atoms with van der Waals surface area (Å²) >= 11 is 5.80. The summed E-state index contributed by atoms with van der Waals surface area (Å²) in [5.41, 5.74) is 0.218. The Morgan fingerprint density at radius 3 is 2.33 bits per heavy atom. The van der Waals surface area contributed by atoms with Crippen molar-refractivity contribution in [1.82, 2.24) is 9.21 Å². The molecule has 2 heterocycles. The Morgan fingerprint density at radius 2 is 1.73 bits per heavy atom. The van der Waals surface area contributed by atoms with Crippen LogP contribution >= 0.6 is 11.6 Å². The van der Waals surface area contributed by atoms with Gasteiger partial charge in [-0.2, -0.15) is 4.31 Å². The maximum absolute atomic E-state index is 13.5. The number of piperazine rings is 1. The number of sulfonamides is 1. The number of nitrogens with zero attached hydrogens (tertiary/aromatic N) is 3. The molecule has 2 amide bonds. The van der Waals surface area contributed by atoms with Crippen molar-refractivity contribution in [3.8, 4) is 5.75 Å². The number of hydrogen-bond acceptors (Lipinski definition) is 6. The number of hydrogen-bond donors (Lipinski definition) is 0. The highest BCUT2D eigenvalue weighted by atomic mass is 35.5. The molecule has 2 aliphatic rings. The molecule has 0 bridgehead atoms. The van der Waals surface area contributed by atoms with E-state index in [1.165, 1.54) is 28.6 Å². The zero-order valence-corrected chi connectivity index (χ0v) is 19.5.